The minimum absolute atomic E-state index is 0.233. The molecule has 5 heteroatoms. The Morgan fingerprint density at radius 1 is 1.00 bits per heavy atom. The number of benzene rings is 1. The van der Waals surface area contributed by atoms with Crippen LogP contribution in [0.5, 0.6) is 0 Å². The summed E-state index contributed by atoms with van der Waals surface area (Å²) >= 11 is 5.97. The van der Waals surface area contributed by atoms with Crippen LogP contribution in [0.15, 0.2) is 36.4 Å². The van der Waals surface area contributed by atoms with Crippen LogP contribution in [0.4, 0.5) is 5.95 Å². The molecule has 0 radical (unpaired) electrons. The molecule has 2 N–H and O–H groups in total. The van der Waals surface area contributed by atoms with E-state index < -0.39 is 0 Å². The number of rotatable bonds is 2. The largest absolute Gasteiger partial charge is 0.368 e. The first kappa shape index (κ1) is 12.8. The van der Waals surface area contributed by atoms with Gasteiger partial charge in [0.2, 0.25) is 5.95 Å². The molecule has 0 aliphatic carbocycles. The molecule has 0 aliphatic rings. The number of hydrogen-bond donors (Lipinski definition) is 1. The molecule has 0 saturated heterocycles. The Labute approximate surface area is 121 Å². The van der Waals surface area contributed by atoms with Crippen LogP contribution in [0.2, 0.25) is 5.15 Å². The van der Waals surface area contributed by atoms with E-state index in [1.807, 2.05) is 12.1 Å². The lowest BCUT2D eigenvalue weighted by molar-refractivity contribution is 1.14. The molecule has 4 nitrogen and oxygen atoms in total. The highest BCUT2D eigenvalue weighted by atomic mass is 35.5. The van der Waals surface area contributed by atoms with Gasteiger partial charge in [-0.15, -0.1) is 0 Å². The molecule has 3 rings (SSSR count). The van der Waals surface area contributed by atoms with Crippen LogP contribution >= 0.6 is 11.6 Å². The first-order chi connectivity index (χ1) is 9.67. The third-order valence-corrected chi connectivity index (χ3v) is 3.37. The number of fused-ring (bicyclic) bond motifs is 1. The number of nitrogens with zero attached hydrogens (tertiary/aromatic N) is 3. The number of nitrogen functional groups attached to an aromatic ring is 1. The maximum absolute atomic E-state index is 5.97. The molecule has 1 aromatic carbocycles. The summed E-state index contributed by atoms with van der Waals surface area (Å²) in [5, 5.41) is 0.414. The van der Waals surface area contributed by atoms with Crippen molar-refractivity contribution in [2.45, 2.75) is 13.3 Å². The monoisotopic (exact) mass is 284 g/mol. The summed E-state index contributed by atoms with van der Waals surface area (Å²) in [5.41, 5.74) is 10.1. The van der Waals surface area contributed by atoms with Crippen LogP contribution in [0, 0.1) is 0 Å². The minimum atomic E-state index is 0.233. The Morgan fingerprint density at radius 2 is 1.75 bits per heavy atom. The summed E-state index contributed by atoms with van der Waals surface area (Å²) in [4.78, 5) is 12.8. The summed E-state index contributed by atoms with van der Waals surface area (Å²) in [6.07, 6.45) is 0.997. The summed E-state index contributed by atoms with van der Waals surface area (Å²) in [6.45, 7) is 2.12. The number of anilines is 1. The van der Waals surface area contributed by atoms with Gasteiger partial charge in [0.1, 0.15) is 16.4 Å². The highest BCUT2D eigenvalue weighted by Gasteiger charge is 2.10. The SMILES string of the molecule is CCc1ccc(-c2nc(N)nc3ccc(Cl)nc23)cc1. The topological polar surface area (TPSA) is 64.7 Å². The molecule has 3 aromatic rings. The molecule has 0 unspecified atom stereocenters. The molecule has 100 valence electrons. The van der Waals surface area contributed by atoms with Crippen LogP contribution in [0.1, 0.15) is 12.5 Å². The maximum atomic E-state index is 5.97. The van der Waals surface area contributed by atoms with Gasteiger partial charge in [-0.25, -0.2) is 15.0 Å². The molecule has 0 bridgehead atoms. The fourth-order valence-electron chi connectivity index (χ4n) is 2.11. The van der Waals surface area contributed by atoms with Gasteiger partial charge in [0.25, 0.3) is 0 Å². The molecule has 2 aromatic heterocycles. The van der Waals surface area contributed by atoms with E-state index in [0.717, 1.165) is 12.0 Å². The Kier molecular flexibility index (Phi) is 3.24. The Morgan fingerprint density at radius 3 is 2.45 bits per heavy atom. The van der Waals surface area contributed by atoms with Gasteiger partial charge in [-0.1, -0.05) is 42.8 Å². The van der Waals surface area contributed by atoms with Crippen LogP contribution in [-0.2, 0) is 6.42 Å². The highest BCUT2D eigenvalue weighted by molar-refractivity contribution is 6.29. The van der Waals surface area contributed by atoms with Crippen LogP contribution in [-0.4, -0.2) is 15.0 Å². The van der Waals surface area contributed by atoms with Crippen molar-refractivity contribution in [3.05, 3.63) is 47.1 Å². The number of hydrogen-bond acceptors (Lipinski definition) is 4. The molecule has 2 heterocycles. The van der Waals surface area contributed by atoms with Crippen LogP contribution < -0.4 is 5.73 Å². The lowest BCUT2D eigenvalue weighted by atomic mass is 10.1. The Balaban J connectivity index is 2.25. The first-order valence-electron chi connectivity index (χ1n) is 6.36. The normalized spacial score (nSPS) is 10.9. The molecule has 0 fully saturated rings. The van der Waals surface area contributed by atoms with E-state index in [1.54, 1.807) is 12.1 Å². The minimum Gasteiger partial charge on any atom is -0.368 e. The Hall–Kier alpha value is -2.20. The van der Waals surface area contributed by atoms with Gasteiger partial charge < -0.3 is 5.73 Å². The van der Waals surface area contributed by atoms with E-state index in [1.165, 1.54) is 5.56 Å². The first-order valence-corrected chi connectivity index (χ1v) is 6.74. The van der Waals surface area contributed by atoms with Gasteiger partial charge in [-0.05, 0) is 24.1 Å². The van der Waals surface area contributed by atoms with Crippen LogP contribution in [0.25, 0.3) is 22.3 Å². The smallest absolute Gasteiger partial charge is 0.221 e. The molecular weight excluding hydrogens is 272 g/mol. The van der Waals surface area contributed by atoms with Crippen molar-refractivity contribution < 1.29 is 0 Å². The second kappa shape index (κ2) is 5.06. The van der Waals surface area contributed by atoms with Crippen molar-refractivity contribution in [1.82, 2.24) is 15.0 Å². The number of nitrogens with two attached hydrogens (primary N) is 1. The summed E-state index contributed by atoms with van der Waals surface area (Å²) in [6, 6.07) is 11.7. The zero-order valence-electron chi connectivity index (χ0n) is 11.0. The molecular formula is C15H13ClN4. The van der Waals surface area contributed by atoms with E-state index in [-0.39, 0.29) is 5.95 Å². The fourth-order valence-corrected chi connectivity index (χ4v) is 2.26. The van der Waals surface area contributed by atoms with Gasteiger partial charge >= 0.3 is 0 Å². The van der Waals surface area contributed by atoms with Crippen molar-refractivity contribution >= 4 is 28.6 Å². The quantitative estimate of drug-likeness (QED) is 0.732. The van der Waals surface area contributed by atoms with Crippen molar-refractivity contribution in [1.29, 1.82) is 0 Å². The van der Waals surface area contributed by atoms with Crippen molar-refractivity contribution in [3.63, 3.8) is 0 Å². The zero-order valence-corrected chi connectivity index (χ0v) is 11.7. The molecule has 0 aliphatic heterocycles. The highest BCUT2D eigenvalue weighted by Crippen LogP contribution is 2.26. The molecule has 0 atom stereocenters. The lowest BCUT2D eigenvalue weighted by Gasteiger charge is -2.07. The standard InChI is InChI=1S/C15H13ClN4/c1-2-9-3-5-10(6-4-9)13-14-11(18-15(17)20-13)7-8-12(16)19-14/h3-8H,2H2,1H3,(H2,17,18,20). The van der Waals surface area contributed by atoms with E-state index in [4.69, 9.17) is 17.3 Å². The van der Waals surface area contributed by atoms with Crippen LogP contribution in [0.3, 0.4) is 0 Å². The summed E-state index contributed by atoms with van der Waals surface area (Å²) in [7, 11) is 0. The van der Waals surface area contributed by atoms with E-state index >= 15 is 0 Å². The van der Waals surface area contributed by atoms with E-state index in [9.17, 15) is 0 Å². The molecule has 20 heavy (non-hydrogen) atoms. The number of aryl methyl sites for hydroxylation is 1. The maximum Gasteiger partial charge on any atom is 0.221 e. The van der Waals surface area contributed by atoms with Gasteiger partial charge in [0.15, 0.2) is 0 Å². The third-order valence-electron chi connectivity index (χ3n) is 3.16. The van der Waals surface area contributed by atoms with Gasteiger partial charge in [-0.3, -0.25) is 0 Å². The van der Waals surface area contributed by atoms with Crippen molar-refractivity contribution in [2.75, 3.05) is 5.73 Å². The van der Waals surface area contributed by atoms with E-state index in [2.05, 4.69) is 34.0 Å². The fraction of sp³-hybridized carbons (Fsp3) is 0.133. The predicted molar refractivity (Wildman–Crippen MR) is 81.6 cm³/mol. The van der Waals surface area contributed by atoms with Gasteiger partial charge in [0.05, 0.1) is 5.52 Å². The second-order valence-corrected chi connectivity index (χ2v) is 4.87. The third kappa shape index (κ3) is 2.30. The number of aromatic nitrogens is 3. The number of halogens is 1. The van der Waals surface area contributed by atoms with Gasteiger partial charge in [0, 0.05) is 5.56 Å². The lowest BCUT2D eigenvalue weighted by Crippen LogP contribution is -1.99. The summed E-state index contributed by atoms with van der Waals surface area (Å²) in [5.74, 6) is 0.233. The Bertz CT molecular complexity index is 769. The van der Waals surface area contributed by atoms with Crippen molar-refractivity contribution in [3.8, 4) is 11.3 Å². The molecule has 0 saturated carbocycles. The predicted octanol–water partition coefficient (Wildman–Crippen LogP) is 3.49. The molecule has 0 spiro atoms. The van der Waals surface area contributed by atoms with Crippen molar-refractivity contribution in [2.24, 2.45) is 0 Å². The summed E-state index contributed by atoms with van der Waals surface area (Å²) < 4.78 is 0. The average Bonchev–Trinajstić information content (AvgIpc) is 2.47. The average molecular weight is 285 g/mol. The van der Waals surface area contributed by atoms with E-state index in [0.29, 0.717) is 21.9 Å². The molecule has 0 amide bonds. The number of pyridine rings is 1. The zero-order chi connectivity index (χ0) is 14.1. The van der Waals surface area contributed by atoms with Gasteiger partial charge in [-0.2, -0.15) is 0 Å². The second-order valence-electron chi connectivity index (χ2n) is 4.48.